The van der Waals surface area contributed by atoms with Gasteiger partial charge in [-0.2, -0.15) is 4.57 Å². The average Bonchev–Trinajstić information content (AvgIpc) is 3.18. The number of aromatic nitrogens is 2. The van der Waals surface area contributed by atoms with Crippen LogP contribution in [0.1, 0.15) is 11.3 Å². The molecule has 1 N–H and O–H groups in total. The fourth-order valence-electron chi connectivity index (χ4n) is 3.56. The van der Waals surface area contributed by atoms with E-state index in [0.717, 1.165) is 32.0 Å². The van der Waals surface area contributed by atoms with Crippen LogP contribution in [0.2, 0.25) is 0 Å². The van der Waals surface area contributed by atoms with Crippen molar-refractivity contribution in [1.82, 2.24) is 4.98 Å². The van der Waals surface area contributed by atoms with Crippen LogP contribution in [0.25, 0.3) is 43.8 Å². The quantitative estimate of drug-likeness (QED) is 0.391. The smallest absolute Gasteiger partial charge is 0.212 e. The molecule has 0 saturated heterocycles. The van der Waals surface area contributed by atoms with Gasteiger partial charge in [-0.3, -0.25) is 0 Å². The molecule has 0 aliphatic heterocycles. The number of benzene rings is 3. The minimum absolute atomic E-state index is 0.256. The first kappa shape index (κ1) is 17.6. The minimum atomic E-state index is 0.256. The zero-order valence-corrected chi connectivity index (χ0v) is 16.7. The second kappa shape index (κ2) is 7.15. The highest BCUT2D eigenvalue weighted by molar-refractivity contribution is 7.21. The van der Waals surface area contributed by atoms with E-state index < -0.39 is 0 Å². The van der Waals surface area contributed by atoms with Crippen molar-refractivity contribution < 1.29 is 9.67 Å². The third-order valence-electron chi connectivity index (χ3n) is 5.14. The van der Waals surface area contributed by atoms with Crippen LogP contribution in [0.3, 0.4) is 0 Å². The number of aryl methyl sites for hydroxylation is 1. The van der Waals surface area contributed by atoms with E-state index in [0.29, 0.717) is 0 Å². The van der Waals surface area contributed by atoms with Gasteiger partial charge in [0.25, 0.3) is 0 Å². The molecule has 5 aromatic rings. The fourth-order valence-corrected chi connectivity index (χ4v) is 4.55. The zero-order valence-electron chi connectivity index (χ0n) is 15.9. The molecule has 0 fully saturated rings. The molecule has 29 heavy (non-hydrogen) atoms. The summed E-state index contributed by atoms with van der Waals surface area (Å²) in [5.74, 6) is 0.256. The molecule has 2 aromatic heterocycles. The summed E-state index contributed by atoms with van der Waals surface area (Å²) in [4.78, 5) is 4.68. The Labute approximate surface area is 172 Å². The molecule has 3 aromatic carbocycles. The molecule has 3 nitrogen and oxygen atoms in total. The summed E-state index contributed by atoms with van der Waals surface area (Å²) in [6, 6.07) is 26.3. The molecule has 140 valence electrons. The Morgan fingerprint density at radius 1 is 0.862 bits per heavy atom. The largest absolute Gasteiger partial charge is 0.507 e. The normalized spacial score (nSPS) is 11.6. The topological polar surface area (TPSA) is 37.0 Å². The number of para-hydroxylation sites is 3. The van der Waals surface area contributed by atoms with Crippen molar-refractivity contribution in [2.45, 2.75) is 0 Å². The van der Waals surface area contributed by atoms with Crippen LogP contribution < -0.4 is 4.57 Å². The molecule has 0 atom stereocenters. The van der Waals surface area contributed by atoms with Crippen LogP contribution >= 0.6 is 11.3 Å². The lowest BCUT2D eigenvalue weighted by Gasteiger charge is -2.04. The molecule has 0 aliphatic rings. The maximum atomic E-state index is 10.9. The van der Waals surface area contributed by atoms with Gasteiger partial charge in [-0.1, -0.05) is 36.4 Å². The number of nitrogens with zero attached hydrogens (tertiary/aromatic N) is 2. The lowest BCUT2D eigenvalue weighted by atomic mass is 10.1. The summed E-state index contributed by atoms with van der Waals surface area (Å²) in [5, 5.41) is 12.9. The van der Waals surface area contributed by atoms with Crippen LogP contribution in [0, 0.1) is 0 Å². The first-order valence-electron chi connectivity index (χ1n) is 9.44. The maximum absolute atomic E-state index is 10.9. The fraction of sp³-hybridized carbons (Fsp3) is 0.0400. The molecule has 2 heterocycles. The summed E-state index contributed by atoms with van der Waals surface area (Å²) in [7, 11) is 2.05. The lowest BCUT2D eigenvalue weighted by Crippen LogP contribution is -2.32. The Balaban J connectivity index is 1.54. The molecule has 0 saturated carbocycles. The maximum Gasteiger partial charge on any atom is 0.212 e. The number of aromatic hydroxyl groups is 1. The Kier molecular flexibility index (Phi) is 4.34. The SMILES string of the molecule is C[n+]1c(/C=C/c2cccc(-c3nc4ccccc4s3)c2O)ccc2ccccc21. The monoisotopic (exact) mass is 395 g/mol. The van der Waals surface area contributed by atoms with E-state index in [2.05, 4.69) is 46.9 Å². The van der Waals surface area contributed by atoms with E-state index in [-0.39, 0.29) is 5.75 Å². The molecule has 0 bridgehead atoms. The predicted molar refractivity (Wildman–Crippen MR) is 121 cm³/mol. The molecule has 0 unspecified atom stereocenters. The first-order valence-corrected chi connectivity index (χ1v) is 10.3. The van der Waals surface area contributed by atoms with Gasteiger partial charge in [-0.15, -0.1) is 11.3 Å². The number of thiazole rings is 1. The zero-order chi connectivity index (χ0) is 19.8. The van der Waals surface area contributed by atoms with Crippen LogP contribution in [-0.2, 0) is 7.05 Å². The van der Waals surface area contributed by atoms with Gasteiger partial charge in [-0.05, 0) is 36.4 Å². The molecular weight excluding hydrogens is 376 g/mol. The molecule has 0 amide bonds. The molecule has 0 aliphatic carbocycles. The number of hydrogen-bond acceptors (Lipinski definition) is 3. The van der Waals surface area contributed by atoms with E-state index >= 15 is 0 Å². The van der Waals surface area contributed by atoms with Gasteiger partial charge in [0.15, 0.2) is 0 Å². The number of hydrogen-bond donors (Lipinski definition) is 1. The second-order valence-electron chi connectivity index (χ2n) is 6.94. The van der Waals surface area contributed by atoms with Crippen LogP contribution in [0.15, 0.2) is 78.9 Å². The average molecular weight is 396 g/mol. The van der Waals surface area contributed by atoms with Crippen molar-refractivity contribution >= 4 is 44.6 Å². The Morgan fingerprint density at radius 3 is 2.59 bits per heavy atom. The number of fused-ring (bicyclic) bond motifs is 2. The number of phenols is 1. The van der Waals surface area contributed by atoms with Crippen LogP contribution in [0.4, 0.5) is 0 Å². The summed E-state index contributed by atoms with van der Waals surface area (Å²) in [6.07, 6.45) is 3.99. The molecule has 5 rings (SSSR count). The summed E-state index contributed by atoms with van der Waals surface area (Å²) < 4.78 is 3.27. The van der Waals surface area contributed by atoms with Gasteiger partial charge in [0.05, 0.1) is 15.8 Å². The van der Waals surface area contributed by atoms with E-state index in [1.54, 1.807) is 11.3 Å². The molecular formula is C25H19N2OS+. The van der Waals surface area contributed by atoms with E-state index in [1.807, 2.05) is 60.7 Å². The first-order chi connectivity index (χ1) is 14.2. The van der Waals surface area contributed by atoms with Crippen LogP contribution in [0.5, 0.6) is 5.75 Å². The molecule has 0 radical (unpaired) electrons. The Morgan fingerprint density at radius 2 is 1.69 bits per heavy atom. The number of phenolic OH excluding ortho intramolecular Hbond substituents is 1. The van der Waals surface area contributed by atoms with Crippen molar-refractivity contribution in [3.05, 3.63) is 90.1 Å². The highest BCUT2D eigenvalue weighted by Gasteiger charge is 2.13. The van der Waals surface area contributed by atoms with Gasteiger partial charge >= 0.3 is 0 Å². The Hall–Kier alpha value is -3.50. The van der Waals surface area contributed by atoms with Crippen molar-refractivity contribution in [2.75, 3.05) is 0 Å². The standard InChI is InChI=1S/C25H18N2OS/c1-27-19(15-13-17-7-2-4-11-22(17)27)16-14-18-8-6-9-20(24(18)28)25-26-21-10-3-5-12-23(21)29-25/h2-16H,1H3/p+1. The lowest BCUT2D eigenvalue weighted by molar-refractivity contribution is -0.646. The van der Waals surface area contributed by atoms with E-state index in [4.69, 9.17) is 0 Å². The van der Waals surface area contributed by atoms with Gasteiger partial charge in [0.2, 0.25) is 11.2 Å². The van der Waals surface area contributed by atoms with Crippen molar-refractivity contribution in [3.8, 4) is 16.3 Å². The minimum Gasteiger partial charge on any atom is -0.507 e. The van der Waals surface area contributed by atoms with E-state index in [9.17, 15) is 5.11 Å². The highest BCUT2D eigenvalue weighted by Crippen LogP contribution is 2.37. The number of rotatable bonds is 3. The summed E-state index contributed by atoms with van der Waals surface area (Å²) >= 11 is 1.59. The third-order valence-corrected chi connectivity index (χ3v) is 6.21. The summed E-state index contributed by atoms with van der Waals surface area (Å²) in [5.41, 5.74) is 4.72. The highest BCUT2D eigenvalue weighted by atomic mass is 32.1. The third kappa shape index (κ3) is 3.18. The van der Waals surface area contributed by atoms with Crippen molar-refractivity contribution in [3.63, 3.8) is 0 Å². The van der Waals surface area contributed by atoms with Gasteiger partial charge < -0.3 is 5.11 Å². The van der Waals surface area contributed by atoms with Gasteiger partial charge in [0, 0.05) is 29.2 Å². The second-order valence-corrected chi connectivity index (χ2v) is 7.97. The van der Waals surface area contributed by atoms with Gasteiger partial charge in [-0.25, -0.2) is 4.98 Å². The van der Waals surface area contributed by atoms with Crippen molar-refractivity contribution in [2.24, 2.45) is 7.05 Å². The predicted octanol–water partition coefficient (Wildman–Crippen LogP) is 5.82. The van der Waals surface area contributed by atoms with E-state index in [1.165, 1.54) is 10.9 Å². The Bertz CT molecular complexity index is 1350. The van der Waals surface area contributed by atoms with Gasteiger partial charge in [0.1, 0.15) is 17.8 Å². The molecule has 0 spiro atoms. The van der Waals surface area contributed by atoms with Crippen LogP contribution in [-0.4, -0.2) is 10.1 Å². The number of pyridine rings is 1. The summed E-state index contributed by atoms with van der Waals surface area (Å²) in [6.45, 7) is 0. The van der Waals surface area contributed by atoms with Crippen molar-refractivity contribution in [1.29, 1.82) is 0 Å². The molecule has 4 heteroatoms.